The maximum absolute atomic E-state index is 12.0. The number of aromatic nitrogens is 1. The molecule has 1 N–H and O–H groups in total. The van der Waals surface area contributed by atoms with Gasteiger partial charge in [0.15, 0.2) is 0 Å². The molecule has 0 radical (unpaired) electrons. The first-order valence-electron chi connectivity index (χ1n) is 6.25. The van der Waals surface area contributed by atoms with Crippen molar-refractivity contribution in [2.75, 3.05) is 11.9 Å². The molecule has 0 aliphatic carbocycles. The number of rotatable bonds is 5. The molecule has 4 heteroatoms. The van der Waals surface area contributed by atoms with Gasteiger partial charge in [-0.15, -0.1) is 0 Å². The number of pyridine rings is 1. The zero-order chi connectivity index (χ0) is 13.5. The van der Waals surface area contributed by atoms with E-state index >= 15 is 0 Å². The van der Waals surface area contributed by atoms with Gasteiger partial charge in [0.2, 0.25) is 0 Å². The average molecular weight is 256 g/mol. The van der Waals surface area contributed by atoms with E-state index in [9.17, 15) is 4.79 Å². The molecule has 1 heterocycles. The number of nitrogens with one attached hydrogen (secondary N) is 1. The summed E-state index contributed by atoms with van der Waals surface area (Å²) in [6.07, 6.45) is 2.57. The lowest BCUT2D eigenvalue weighted by atomic mass is 10.2. The number of hydrogen-bond acceptors (Lipinski definition) is 3. The third-order valence-electron chi connectivity index (χ3n) is 2.48. The summed E-state index contributed by atoms with van der Waals surface area (Å²) in [6, 6.07) is 12.5. The van der Waals surface area contributed by atoms with E-state index in [-0.39, 0.29) is 5.91 Å². The molecule has 2 aromatic rings. The fraction of sp³-hybridized carbons (Fsp3) is 0.200. The minimum atomic E-state index is -0.194. The molecule has 1 amide bonds. The Kier molecular flexibility index (Phi) is 4.50. The summed E-state index contributed by atoms with van der Waals surface area (Å²) in [6.45, 7) is 2.68. The van der Waals surface area contributed by atoms with Crippen molar-refractivity contribution in [3.05, 3.63) is 54.2 Å². The van der Waals surface area contributed by atoms with Crippen LogP contribution in [0.1, 0.15) is 23.7 Å². The first-order valence-corrected chi connectivity index (χ1v) is 6.25. The Balaban J connectivity index is 2.06. The Bertz CT molecular complexity index is 541. The van der Waals surface area contributed by atoms with Crippen molar-refractivity contribution >= 4 is 11.7 Å². The minimum absolute atomic E-state index is 0.194. The highest BCUT2D eigenvalue weighted by atomic mass is 16.5. The van der Waals surface area contributed by atoms with Crippen LogP contribution < -0.4 is 10.1 Å². The van der Waals surface area contributed by atoms with Crippen molar-refractivity contribution in [3.63, 3.8) is 0 Å². The van der Waals surface area contributed by atoms with E-state index in [1.807, 2.05) is 19.1 Å². The smallest absolute Gasteiger partial charge is 0.256 e. The van der Waals surface area contributed by atoms with E-state index in [1.165, 1.54) is 0 Å². The maximum Gasteiger partial charge on any atom is 0.256 e. The number of hydrogen-bond donors (Lipinski definition) is 1. The number of carbonyl (C=O) groups is 1. The highest BCUT2D eigenvalue weighted by Gasteiger charge is 2.07. The van der Waals surface area contributed by atoms with Gasteiger partial charge in [-0.25, -0.2) is 4.98 Å². The summed E-state index contributed by atoms with van der Waals surface area (Å²) in [4.78, 5) is 16.1. The average Bonchev–Trinajstić information content (AvgIpc) is 2.46. The van der Waals surface area contributed by atoms with Crippen LogP contribution in [0.15, 0.2) is 48.7 Å². The van der Waals surface area contributed by atoms with Crippen LogP contribution in [0.3, 0.4) is 0 Å². The summed E-state index contributed by atoms with van der Waals surface area (Å²) < 4.78 is 5.50. The van der Waals surface area contributed by atoms with Gasteiger partial charge in [0, 0.05) is 11.8 Å². The number of amides is 1. The second-order valence-corrected chi connectivity index (χ2v) is 4.05. The summed E-state index contributed by atoms with van der Waals surface area (Å²) in [5.41, 5.74) is 0.555. The zero-order valence-electron chi connectivity index (χ0n) is 10.8. The summed E-state index contributed by atoms with van der Waals surface area (Å²) in [5, 5.41) is 2.74. The molecule has 19 heavy (non-hydrogen) atoms. The molecule has 0 saturated heterocycles. The van der Waals surface area contributed by atoms with E-state index in [1.54, 1.807) is 36.5 Å². The molecule has 0 atom stereocenters. The first-order chi connectivity index (χ1) is 9.29. The summed E-state index contributed by atoms with van der Waals surface area (Å²) in [5.74, 6) is 1.04. The number of benzene rings is 1. The Morgan fingerprint density at radius 1 is 1.26 bits per heavy atom. The van der Waals surface area contributed by atoms with Gasteiger partial charge in [-0.1, -0.05) is 19.1 Å². The number of carbonyl (C=O) groups excluding carboxylic acids is 1. The van der Waals surface area contributed by atoms with Crippen LogP contribution in [0.5, 0.6) is 5.75 Å². The van der Waals surface area contributed by atoms with Gasteiger partial charge in [-0.3, -0.25) is 4.79 Å². The van der Waals surface area contributed by atoms with E-state index in [2.05, 4.69) is 10.3 Å². The standard InChI is InChI=1S/C15H16N2O2/c1-2-10-19-13-7-5-6-12(11-13)15(18)17-14-8-3-4-9-16-14/h3-9,11H,2,10H2,1H3,(H,16,17,18). The van der Waals surface area contributed by atoms with E-state index in [4.69, 9.17) is 4.74 Å². The Hall–Kier alpha value is -2.36. The van der Waals surface area contributed by atoms with Gasteiger partial charge in [-0.05, 0) is 36.8 Å². The molecule has 0 unspecified atom stereocenters. The summed E-state index contributed by atoms with van der Waals surface area (Å²) in [7, 11) is 0. The normalized spacial score (nSPS) is 9.95. The fourth-order valence-corrected chi connectivity index (χ4v) is 1.57. The van der Waals surface area contributed by atoms with Crippen molar-refractivity contribution in [2.24, 2.45) is 0 Å². The Labute approximate surface area is 112 Å². The molecule has 0 aliphatic rings. The van der Waals surface area contributed by atoms with Crippen molar-refractivity contribution in [1.29, 1.82) is 0 Å². The third-order valence-corrected chi connectivity index (χ3v) is 2.48. The summed E-state index contributed by atoms with van der Waals surface area (Å²) >= 11 is 0. The highest BCUT2D eigenvalue weighted by Crippen LogP contribution is 2.14. The number of nitrogens with zero attached hydrogens (tertiary/aromatic N) is 1. The molecule has 0 aliphatic heterocycles. The van der Waals surface area contributed by atoms with Gasteiger partial charge in [0.25, 0.3) is 5.91 Å². The molecule has 4 nitrogen and oxygen atoms in total. The molecule has 0 fully saturated rings. The van der Waals surface area contributed by atoms with Crippen LogP contribution in [0.2, 0.25) is 0 Å². The molecule has 98 valence electrons. The number of ether oxygens (including phenoxy) is 1. The minimum Gasteiger partial charge on any atom is -0.494 e. The van der Waals surface area contributed by atoms with Crippen LogP contribution in [0.4, 0.5) is 5.82 Å². The quantitative estimate of drug-likeness (QED) is 0.894. The predicted octanol–water partition coefficient (Wildman–Crippen LogP) is 3.12. The van der Waals surface area contributed by atoms with E-state index < -0.39 is 0 Å². The molecule has 1 aromatic heterocycles. The van der Waals surface area contributed by atoms with Gasteiger partial charge in [0.1, 0.15) is 11.6 Å². The van der Waals surface area contributed by atoms with Crippen LogP contribution in [-0.4, -0.2) is 17.5 Å². The maximum atomic E-state index is 12.0. The van der Waals surface area contributed by atoms with E-state index in [0.29, 0.717) is 23.7 Å². The monoisotopic (exact) mass is 256 g/mol. The Morgan fingerprint density at radius 3 is 2.89 bits per heavy atom. The lowest BCUT2D eigenvalue weighted by Gasteiger charge is -2.07. The van der Waals surface area contributed by atoms with Crippen LogP contribution in [0, 0.1) is 0 Å². The third kappa shape index (κ3) is 3.81. The molecule has 0 saturated carbocycles. The lowest BCUT2D eigenvalue weighted by molar-refractivity contribution is 0.102. The topological polar surface area (TPSA) is 51.2 Å². The second-order valence-electron chi connectivity index (χ2n) is 4.05. The molecule has 0 spiro atoms. The lowest BCUT2D eigenvalue weighted by Crippen LogP contribution is -2.12. The largest absolute Gasteiger partial charge is 0.494 e. The van der Waals surface area contributed by atoms with Crippen molar-refractivity contribution in [1.82, 2.24) is 4.98 Å². The highest BCUT2D eigenvalue weighted by molar-refractivity contribution is 6.03. The Morgan fingerprint density at radius 2 is 2.16 bits per heavy atom. The first kappa shape index (κ1) is 13.1. The van der Waals surface area contributed by atoms with Crippen LogP contribution in [0.25, 0.3) is 0 Å². The molecule has 1 aromatic carbocycles. The number of anilines is 1. The van der Waals surface area contributed by atoms with Gasteiger partial charge in [-0.2, -0.15) is 0 Å². The second kappa shape index (κ2) is 6.54. The van der Waals surface area contributed by atoms with Crippen LogP contribution in [-0.2, 0) is 0 Å². The fourth-order valence-electron chi connectivity index (χ4n) is 1.57. The molecular weight excluding hydrogens is 240 g/mol. The van der Waals surface area contributed by atoms with Crippen LogP contribution >= 0.6 is 0 Å². The molecule has 0 bridgehead atoms. The molecule has 2 rings (SSSR count). The van der Waals surface area contributed by atoms with Crippen molar-refractivity contribution < 1.29 is 9.53 Å². The van der Waals surface area contributed by atoms with Gasteiger partial charge in [0.05, 0.1) is 6.61 Å². The van der Waals surface area contributed by atoms with Gasteiger partial charge < -0.3 is 10.1 Å². The van der Waals surface area contributed by atoms with Gasteiger partial charge >= 0.3 is 0 Å². The van der Waals surface area contributed by atoms with E-state index in [0.717, 1.165) is 6.42 Å². The predicted molar refractivity (Wildman–Crippen MR) is 74.4 cm³/mol. The SMILES string of the molecule is CCCOc1cccc(C(=O)Nc2ccccn2)c1. The molecular formula is C15H16N2O2. The van der Waals surface area contributed by atoms with Crippen molar-refractivity contribution in [3.8, 4) is 5.75 Å². The van der Waals surface area contributed by atoms with Crippen molar-refractivity contribution in [2.45, 2.75) is 13.3 Å². The zero-order valence-corrected chi connectivity index (χ0v) is 10.8.